The monoisotopic (exact) mass is 355 g/mol. The van der Waals surface area contributed by atoms with Crippen LogP contribution in [0.3, 0.4) is 0 Å². The summed E-state index contributed by atoms with van der Waals surface area (Å²) < 4.78 is 5.52. The van der Waals surface area contributed by atoms with Crippen molar-refractivity contribution >= 4 is 0 Å². The van der Waals surface area contributed by atoms with E-state index >= 15 is 0 Å². The third-order valence-corrected chi connectivity index (χ3v) is 4.88. The lowest BCUT2D eigenvalue weighted by atomic mass is 10.1. The predicted octanol–water partition coefficient (Wildman–Crippen LogP) is 2.55. The van der Waals surface area contributed by atoms with E-state index in [1.54, 1.807) is 0 Å². The van der Waals surface area contributed by atoms with Gasteiger partial charge in [-0.15, -0.1) is 0 Å². The van der Waals surface area contributed by atoms with E-state index in [9.17, 15) is 5.11 Å². The number of hydrogen-bond acceptors (Lipinski definition) is 5. The smallest absolute Gasteiger partial charge is 0.119 e. The molecule has 2 aromatic rings. The van der Waals surface area contributed by atoms with E-state index in [1.165, 1.54) is 5.56 Å². The van der Waals surface area contributed by atoms with Gasteiger partial charge in [0.05, 0.1) is 12.3 Å². The molecule has 1 fully saturated rings. The average molecular weight is 355 g/mol. The predicted molar refractivity (Wildman–Crippen MR) is 103 cm³/mol. The largest absolute Gasteiger partial charge is 0.494 e. The zero-order chi connectivity index (χ0) is 18.2. The molecular formula is C21H29N3O2. The van der Waals surface area contributed by atoms with Crippen molar-refractivity contribution in [2.24, 2.45) is 0 Å². The third-order valence-electron chi connectivity index (χ3n) is 4.88. The van der Waals surface area contributed by atoms with Crippen molar-refractivity contribution in [1.29, 1.82) is 0 Å². The molecule has 1 aromatic heterocycles. The molecule has 26 heavy (non-hydrogen) atoms. The van der Waals surface area contributed by atoms with E-state index in [0.29, 0.717) is 12.6 Å². The highest BCUT2D eigenvalue weighted by molar-refractivity contribution is 5.27. The Morgan fingerprint density at radius 3 is 2.65 bits per heavy atom. The van der Waals surface area contributed by atoms with Gasteiger partial charge in [-0.05, 0) is 43.2 Å². The molecule has 0 bridgehead atoms. The molecule has 1 unspecified atom stereocenters. The van der Waals surface area contributed by atoms with E-state index in [1.807, 2.05) is 37.4 Å². The fourth-order valence-electron chi connectivity index (χ4n) is 3.54. The number of rotatable bonds is 8. The van der Waals surface area contributed by atoms with Gasteiger partial charge in [0, 0.05) is 51.6 Å². The van der Waals surface area contributed by atoms with Crippen LogP contribution in [0.2, 0.25) is 0 Å². The van der Waals surface area contributed by atoms with Gasteiger partial charge in [-0.25, -0.2) is 0 Å². The summed E-state index contributed by atoms with van der Waals surface area (Å²) in [5.74, 6) is 0.920. The molecule has 5 heteroatoms. The van der Waals surface area contributed by atoms with E-state index < -0.39 is 0 Å². The fraction of sp³-hybridized carbons (Fsp3) is 0.476. The number of pyridine rings is 1. The molecule has 2 heterocycles. The van der Waals surface area contributed by atoms with Crippen LogP contribution in [-0.4, -0.2) is 58.8 Å². The van der Waals surface area contributed by atoms with Crippen molar-refractivity contribution in [2.75, 3.05) is 32.8 Å². The number of nitrogens with zero attached hydrogens (tertiary/aromatic N) is 3. The summed E-state index contributed by atoms with van der Waals surface area (Å²) >= 11 is 0. The second kappa shape index (κ2) is 9.67. The van der Waals surface area contributed by atoms with Crippen LogP contribution in [0, 0.1) is 0 Å². The zero-order valence-electron chi connectivity index (χ0n) is 15.6. The van der Waals surface area contributed by atoms with Gasteiger partial charge in [-0.3, -0.25) is 14.8 Å². The minimum Gasteiger partial charge on any atom is -0.494 e. The van der Waals surface area contributed by atoms with Gasteiger partial charge in [0.1, 0.15) is 5.75 Å². The summed E-state index contributed by atoms with van der Waals surface area (Å²) in [6.45, 7) is 7.69. The number of benzene rings is 1. The first-order chi connectivity index (χ1) is 12.8. The van der Waals surface area contributed by atoms with Gasteiger partial charge in [0.2, 0.25) is 0 Å². The Labute approximate surface area is 156 Å². The van der Waals surface area contributed by atoms with Gasteiger partial charge < -0.3 is 9.84 Å². The van der Waals surface area contributed by atoms with Crippen LogP contribution < -0.4 is 4.74 Å². The maximum Gasteiger partial charge on any atom is 0.119 e. The normalized spacial score (nSPS) is 18.8. The van der Waals surface area contributed by atoms with Crippen LogP contribution in [0.5, 0.6) is 5.75 Å². The van der Waals surface area contributed by atoms with Crippen LogP contribution >= 0.6 is 0 Å². The standard InChI is InChI=1S/C21H29N3O2/c1-2-26-21-8-6-18(7-9-21)15-24-13-12-23(17-20(24)10-14-25)16-19-5-3-4-11-22-19/h3-9,11,20,25H,2,10,12-17H2,1H3. The third kappa shape index (κ3) is 5.27. The van der Waals surface area contributed by atoms with Crippen molar-refractivity contribution in [1.82, 2.24) is 14.8 Å². The Kier molecular flexibility index (Phi) is 7.00. The van der Waals surface area contributed by atoms with Crippen molar-refractivity contribution < 1.29 is 9.84 Å². The number of aliphatic hydroxyl groups is 1. The topological polar surface area (TPSA) is 48.8 Å². The quantitative estimate of drug-likeness (QED) is 0.789. The Morgan fingerprint density at radius 1 is 1.12 bits per heavy atom. The minimum atomic E-state index is 0.224. The Morgan fingerprint density at radius 2 is 1.96 bits per heavy atom. The Bertz CT molecular complexity index is 648. The van der Waals surface area contributed by atoms with Gasteiger partial charge in [0.15, 0.2) is 0 Å². The first-order valence-corrected chi connectivity index (χ1v) is 9.47. The second-order valence-corrected chi connectivity index (χ2v) is 6.77. The number of ether oxygens (including phenoxy) is 1. The second-order valence-electron chi connectivity index (χ2n) is 6.77. The molecule has 0 aliphatic carbocycles. The van der Waals surface area contributed by atoms with Crippen LogP contribution in [-0.2, 0) is 13.1 Å². The highest BCUT2D eigenvalue weighted by Gasteiger charge is 2.26. The summed E-state index contributed by atoms with van der Waals surface area (Å²) in [6.07, 6.45) is 2.65. The fourth-order valence-corrected chi connectivity index (χ4v) is 3.54. The summed E-state index contributed by atoms with van der Waals surface area (Å²) in [5, 5.41) is 9.50. The molecule has 3 rings (SSSR count). The molecule has 0 saturated carbocycles. The van der Waals surface area contributed by atoms with Crippen molar-refractivity contribution in [3.05, 3.63) is 59.9 Å². The maximum absolute atomic E-state index is 9.50. The average Bonchev–Trinajstić information content (AvgIpc) is 2.67. The van der Waals surface area contributed by atoms with Gasteiger partial charge in [0.25, 0.3) is 0 Å². The van der Waals surface area contributed by atoms with Crippen molar-refractivity contribution in [3.8, 4) is 5.75 Å². The molecule has 5 nitrogen and oxygen atoms in total. The molecule has 1 saturated heterocycles. The van der Waals surface area contributed by atoms with Crippen molar-refractivity contribution in [3.63, 3.8) is 0 Å². The van der Waals surface area contributed by atoms with Crippen molar-refractivity contribution in [2.45, 2.75) is 32.5 Å². The molecule has 0 spiro atoms. The molecule has 1 N–H and O–H groups in total. The number of aliphatic hydroxyl groups excluding tert-OH is 1. The molecule has 0 radical (unpaired) electrons. The number of aromatic nitrogens is 1. The highest BCUT2D eigenvalue weighted by atomic mass is 16.5. The number of hydrogen-bond donors (Lipinski definition) is 1. The zero-order valence-corrected chi connectivity index (χ0v) is 15.6. The summed E-state index contributed by atoms with van der Waals surface area (Å²) in [5.41, 5.74) is 2.39. The van der Waals surface area contributed by atoms with Gasteiger partial charge in [-0.1, -0.05) is 18.2 Å². The minimum absolute atomic E-state index is 0.224. The molecule has 1 aromatic carbocycles. The Balaban J connectivity index is 1.59. The van der Waals surface area contributed by atoms with Crippen LogP contribution in [0.1, 0.15) is 24.6 Å². The lowest BCUT2D eigenvalue weighted by Crippen LogP contribution is -2.52. The molecular weight excluding hydrogens is 326 g/mol. The summed E-state index contributed by atoms with van der Waals surface area (Å²) in [6, 6.07) is 14.8. The SMILES string of the molecule is CCOc1ccc(CN2CCN(Cc3ccccn3)CC2CCO)cc1. The lowest BCUT2D eigenvalue weighted by molar-refractivity contribution is 0.0494. The van der Waals surface area contributed by atoms with Crippen LogP contribution in [0.25, 0.3) is 0 Å². The molecule has 1 aliphatic heterocycles. The maximum atomic E-state index is 9.50. The van der Waals surface area contributed by atoms with Crippen LogP contribution in [0.15, 0.2) is 48.7 Å². The first kappa shape index (κ1) is 18.8. The molecule has 140 valence electrons. The summed E-state index contributed by atoms with van der Waals surface area (Å²) in [7, 11) is 0. The number of piperazine rings is 1. The first-order valence-electron chi connectivity index (χ1n) is 9.47. The molecule has 1 atom stereocenters. The Hall–Kier alpha value is -1.95. The van der Waals surface area contributed by atoms with E-state index in [4.69, 9.17) is 4.74 Å². The van der Waals surface area contributed by atoms with Crippen LogP contribution in [0.4, 0.5) is 0 Å². The van der Waals surface area contributed by atoms with E-state index in [2.05, 4.69) is 33.0 Å². The van der Waals surface area contributed by atoms with E-state index in [0.717, 1.165) is 50.6 Å². The van der Waals surface area contributed by atoms with Gasteiger partial charge >= 0.3 is 0 Å². The highest BCUT2D eigenvalue weighted by Crippen LogP contribution is 2.19. The summed E-state index contributed by atoms with van der Waals surface area (Å²) in [4.78, 5) is 9.37. The van der Waals surface area contributed by atoms with Gasteiger partial charge in [-0.2, -0.15) is 0 Å². The molecule has 1 aliphatic rings. The molecule has 0 amide bonds. The van der Waals surface area contributed by atoms with E-state index in [-0.39, 0.29) is 6.61 Å². The lowest BCUT2D eigenvalue weighted by Gasteiger charge is -2.41.